The highest BCUT2D eigenvalue weighted by Crippen LogP contribution is 2.38. The van der Waals surface area contributed by atoms with Crippen LogP contribution in [0.2, 0.25) is 0 Å². The Morgan fingerprint density at radius 2 is 2.10 bits per heavy atom. The first-order chi connectivity index (χ1) is 14.6. The highest BCUT2D eigenvalue weighted by Gasteiger charge is 2.42. The quantitative estimate of drug-likeness (QED) is 0.355. The van der Waals surface area contributed by atoms with Crippen LogP contribution in [0.3, 0.4) is 0 Å². The largest absolute Gasteiger partial charge is 0.387 e. The zero-order valence-corrected chi connectivity index (χ0v) is 17.0. The van der Waals surface area contributed by atoms with E-state index in [9.17, 15) is 4.79 Å². The standard InChI is InChI=1S/C24H27N5O/c25-23(26)24(11-4-1-5-14-29-15-7-13-28-29)12-6-9-20(22(24)30)19-16-18-8-2-3-10-21(18)27-17-19/h2-3,6-10,12-13,15-16,27H,1,4-5,11,14,17H2,(H3,25,26). The molecule has 1 unspecified atom stereocenters. The van der Waals surface area contributed by atoms with Crippen molar-refractivity contribution in [1.82, 2.24) is 9.78 Å². The summed E-state index contributed by atoms with van der Waals surface area (Å²) in [5.41, 5.74) is 8.65. The predicted octanol–water partition coefficient (Wildman–Crippen LogP) is 3.94. The van der Waals surface area contributed by atoms with Gasteiger partial charge in [-0.2, -0.15) is 5.10 Å². The molecular weight excluding hydrogens is 374 g/mol. The molecule has 30 heavy (non-hydrogen) atoms. The van der Waals surface area contributed by atoms with E-state index in [2.05, 4.69) is 16.5 Å². The minimum atomic E-state index is -1.05. The van der Waals surface area contributed by atoms with Crippen molar-refractivity contribution in [3.05, 3.63) is 77.7 Å². The Hall–Kier alpha value is -3.41. The van der Waals surface area contributed by atoms with Gasteiger partial charge < -0.3 is 11.1 Å². The molecule has 6 nitrogen and oxygen atoms in total. The van der Waals surface area contributed by atoms with Gasteiger partial charge in [-0.05, 0) is 42.2 Å². The fourth-order valence-electron chi connectivity index (χ4n) is 4.17. The third kappa shape index (κ3) is 3.85. The lowest BCUT2D eigenvalue weighted by molar-refractivity contribution is -0.120. The molecule has 0 bridgehead atoms. The number of para-hydroxylation sites is 1. The number of fused-ring (bicyclic) bond motifs is 1. The maximum Gasteiger partial charge on any atom is 0.180 e. The normalized spacial score (nSPS) is 20.2. The highest BCUT2D eigenvalue weighted by molar-refractivity contribution is 6.19. The van der Waals surface area contributed by atoms with Crippen LogP contribution in [-0.2, 0) is 11.3 Å². The molecule has 6 heteroatoms. The Balaban J connectivity index is 1.46. The number of aryl methyl sites for hydroxylation is 1. The second-order valence-corrected chi connectivity index (χ2v) is 7.84. The molecule has 0 radical (unpaired) electrons. The third-order valence-electron chi connectivity index (χ3n) is 5.90. The van der Waals surface area contributed by atoms with E-state index in [-0.39, 0.29) is 11.6 Å². The smallest absolute Gasteiger partial charge is 0.180 e. The van der Waals surface area contributed by atoms with Crippen LogP contribution in [0.25, 0.3) is 6.08 Å². The second kappa shape index (κ2) is 8.53. The van der Waals surface area contributed by atoms with Crippen molar-refractivity contribution in [2.45, 2.75) is 32.2 Å². The van der Waals surface area contributed by atoms with Crippen LogP contribution in [0.5, 0.6) is 0 Å². The number of nitrogens with two attached hydrogens (primary N) is 1. The summed E-state index contributed by atoms with van der Waals surface area (Å²) in [5.74, 6) is -0.150. The number of nitrogens with zero attached hydrogens (tertiary/aromatic N) is 2. The summed E-state index contributed by atoms with van der Waals surface area (Å²) in [5, 5.41) is 15.8. The lowest BCUT2D eigenvalue weighted by atomic mass is 9.71. The average Bonchev–Trinajstić information content (AvgIpc) is 3.28. The van der Waals surface area contributed by atoms with Gasteiger partial charge in [0.25, 0.3) is 0 Å². The first kappa shape index (κ1) is 19.9. The van der Waals surface area contributed by atoms with Crippen LogP contribution in [0, 0.1) is 10.8 Å². The minimum Gasteiger partial charge on any atom is -0.387 e. The number of unbranched alkanes of at least 4 members (excludes halogenated alkanes) is 2. The first-order valence-corrected chi connectivity index (χ1v) is 10.4. The van der Waals surface area contributed by atoms with Crippen molar-refractivity contribution in [3.8, 4) is 0 Å². The summed E-state index contributed by atoms with van der Waals surface area (Å²) < 4.78 is 1.91. The maximum atomic E-state index is 13.5. The zero-order valence-electron chi connectivity index (χ0n) is 17.0. The number of carbonyl (C=O) groups excluding carboxylic acids is 1. The number of rotatable bonds is 8. The van der Waals surface area contributed by atoms with Crippen LogP contribution in [-0.4, -0.2) is 27.9 Å². The van der Waals surface area contributed by atoms with E-state index < -0.39 is 5.41 Å². The van der Waals surface area contributed by atoms with E-state index in [4.69, 9.17) is 11.1 Å². The number of nitrogens with one attached hydrogen (secondary N) is 2. The molecule has 4 rings (SSSR count). The molecule has 2 aromatic rings. The Kier molecular flexibility index (Phi) is 5.65. The molecule has 4 N–H and O–H groups in total. The Bertz CT molecular complexity index is 1030. The number of hydrogen-bond donors (Lipinski definition) is 3. The molecule has 0 spiro atoms. The fraction of sp³-hybridized carbons (Fsp3) is 0.292. The van der Waals surface area contributed by atoms with Gasteiger partial charge in [-0.1, -0.05) is 49.3 Å². The molecule has 2 aliphatic rings. The van der Waals surface area contributed by atoms with Gasteiger partial charge in [0.15, 0.2) is 5.78 Å². The summed E-state index contributed by atoms with van der Waals surface area (Å²) >= 11 is 0. The highest BCUT2D eigenvalue weighted by atomic mass is 16.1. The van der Waals surface area contributed by atoms with Gasteiger partial charge in [0.1, 0.15) is 11.3 Å². The number of benzene rings is 1. The summed E-state index contributed by atoms with van der Waals surface area (Å²) in [4.78, 5) is 13.5. The van der Waals surface area contributed by atoms with Crippen LogP contribution >= 0.6 is 0 Å². The lowest BCUT2D eigenvalue weighted by Crippen LogP contribution is -2.44. The van der Waals surface area contributed by atoms with Crippen molar-refractivity contribution in [3.63, 3.8) is 0 Å². The Morgan fingerprint density at radius 3 is 2.90 bits per heavy atom. The van der Waals surface area contributed by atoms with Gasteiger partial charge in [0.05, 0.1) is 0 Å². The predicted molar refractivity (Wildman–Crippen MR) is 120 cm³/mol. The average molecular weight is 402 g/mol. The van der Waals surface area contributed by atoms with Gasteiger partial charge in [0, 0.05) is 36.7 Å². The zero-order chi connectivity index (χ0) is 21.0. The van der Waals surface area contributed by atoms with E-state index in [1.807, 2.05) is 53.4 Å². The van der Waals surface area contributed by atoms with E-state index in [0.717, 1.165) is 42.6 Å². The van der Waals surface area contributed by atoms with Crippen molar-refractivity contribution in [2.75, 3.05) is 11.9 Å². The fourth-order valence-corrected chi connectivity index (χ4v) is 4.17. The monoisotopic (exact) mass is 401 g/mol. The SMILES string of the molecule is N=C(N)C1(CCCCCn2cccn2)C=CC=C(C2=Cc3ccccc3NC2)C1=O. The van der Waals surface area contributed by atoms with E-state index in [0.29, 0.717) is 18.5 Å². The van der Waals surface area contributed by atoms with Crippen molar-refractivity contribution < 1.29 is 4.79 Å². The first-order valence-electron chi connectivity index (χ1n) is 10.4. The second-order valence-electron chi connectivity index (χ2n) is 7.84. The van der Waals surface area contributed by atoms with Gasteiger partial charge in [0.2, 0.25) is 0 Å². The van der Waals surface area contributed by atoms with Gasteiger partial charge in [-0.25, -0.2) is 0 Å². The van der Waals surface area contributed by atoms with E-state index >= 15 is 0 Å². The van der Waals surface area contributed by atoms with Crippen molar-refractivity contribution in [1.29, 1.82) is 5.41 Å². The molecule has 1 aliphatic carbocycles. The molecule has 1 aliphatic heterocycles. The van der Waals surface area contributed by atoms with Gasteiger partial charge in [-0.15, -0.1) is 0 Å². The number of ketones is 1. The maximum absolute atomic E-state index is 13.5. The van der Waals surface area contributed by atoms with Crippen LogP contribution in [0.15, 0.2) is 72.1 Å². The molecule has 0 fully saturated rings. The number of anilines is 1. The summed E-state index contributed by atoms with van der Waals surface area (Å²) in [6.07, 6.45) is 14.6. The van der Waals surface area contributed by atoms with Gasteiger partial charge >= 0.3 is 0 Å². The third-order valence-corrected chi connectivity index (χ3v) is 5.90. The molecule has 1 atom stereocenters. The molecule has 0 amide bonds. The van der Waals surface area contributed by atoms with E-state index in [1.165, 1.54) is 0 Å². The molecule has 1 aromatic carbocycles. The van der Waals surface area contributed by atoms with Gasteiger partial charge in [-0.3, -0.25) is 14.9 Å². The molecule has 154 valence electrons. The number of hydrogen-bond acceptors (Lipinski definition) is 4. The van der Waals surface area contributed by atoms with E-state index in [1.54, 1.807) is 12.3 Å². The Morgan fingerprint density at radius 1 is 1.23 bits per heavy atom. The lowest BCUT2D eigenvalue weighted by Gasteiger charge is -2.32. The molecule has 0 saturated carbocycles. The summed E-state index contributed by atoms with van der Waals surface area (Å²) in [6, 6.07) is 9.95. The molecular formula is C24H27N5O. The van der Waals surface area contributed by atoms with Crippen molar-refractivity contribution >= 4 is 23.4 Å². The summed E-state index contributed by atoms with van der Waals surface area (Å²) in [6.45, 7) is 1.44. The Labute approximate surface area is 176 Å². The number of carbonyl (C=O) groups is 1. The number of amidine groups is 1. The number of allylic oxidation sites excluding steroid dienone is 2. The topological polar surface area (TPSA) is 96.8 Å². The van der Waals surface area contributed by atoms with Crippen LogP contribution in [0.1, 0.15) is 31.2 Å². The molecule has 2 heterocycles. The number of aromatic nitrogens is 2. The summed E-state index contributed by atoms with van der Waals surface area (Å²) in [7, 11) is 0. The van der Waals surface area contributed by atoms with Crippen molar-refractivity contribution in [2.24, 2.45) is 11.1 Å². The number of Topliss-reactive ketones (excluding diaryl/α,β-unsaturated/α-hetero) is 1. The van der Waals surface area contributed by atoms with Crippen LogP contribution < -0.4 is 11.1 Å². The van der Waals surface area contributed by atoms with Crippen LogP contribution in [0.4, 0.5) is 5.69 Å². The minimum absolute atomic E-state index is 0.0722. The molecule has 0 saturated heterocycles. The molecule has 1 aromatic heterocycles.